The fourth-order valence-electron chi connectivity index (χ4n) is 2.80. The van der Waals surface area contributed by atoms with Crippen molar-refractivity contribution in [1.29, 1.82) is 0 Å². The number of benzene rings is 2. The number of aromatic nitrogens is 1. The Morgan fingerprint density at radius 3 is 2.36 bits per heavy atom. The maximum atomic E-state index is 5.87. The normalized spacial score (nSPS) is 12.2. The van der Waals surface area contributed by atoms with Crippen LogP contribution in [0.25, 0.3) is 11.3 Å². The highest BCUT2D eigenvalue weighted by Crippen LogP contribution is 2.24. The highest BCUT2D eigenvalue weighted by atomic mass is 16.4. The zero-order chi connectivity index (χ0) is 16.9. The van der Waals surface area contributed by atoms with Gasteiger partial charge in [-0.05, 0) is 17.7 Å². The molecule has 0 unspecified atom stereocenters. The summed E-state index contributed by atoms with van der Waals surface area (Å²) in [6.45, 7) is 0.507. The van der Waals surface area contributed by atoms with E-state index in [1.54, 1.807) is 12.5 Å². The van der Waals surface area contributed by atoms with Gasteiger partial charge in [0.2, 0.25) is 5.89 Å². The van der Waals surface area contributed by atoms with Crippen molar-refractivity contribution in [3.63, 3.8) is 0 Å². The molecule has 4 nitrogen and oxygen atoms in total. The highest BCUT2D eigenvalue weighted by Gasteiger charge is 2.17. The molecule has 4 heteroatoms. The van der Waals surface area contributed by atoms with Crippen molar-refractivity contribution in [1.82, 2.24) is 10.3 Å². The first-order valence-electron chi connectivity index (χ1n) is 8.22. The topological polar surface area (TPSA) is 51.2 Å². The average Bonchev–Trinajstić information content (AvgIpc) is 3.36. The zero-order valence-corrected chi connectivity index (χ0v) is 13.6. The van der Waals surface area contributed by atoms with Crippen LogP contribution in [-0.4, -0.2) is 4.98 Å². The van der Waals surface area contributed by atoms with Crippen molar-refractivity contribution in [2.75, 3.05) is 0 Å². The van der Waals surface area contributed by atoms with Crippen LogP contribution in [0.15, 0.2) is 94.1 Å². The number of furan rings is 1. The Balaban J connectivity index is 1.51. The van der Waals surface area contributed by atoms with E-state index in [4.69, 9.17) is 8.83 Å². The van der Waals surface area contributed by atoms with E-state index in [0.717, 1.165) is 22.6 Å². The molecule has 2 aromatic heterocycles. The minimum absolute atomic E-state index is 0.0525. The molecule has 0 saturated heterocycles. The predicted octanol–water partition coefficient (Wildman–Crippen LogP) is 4.81. The lowest BCUT2D eigenvalue weighted by molar-refractivity contribution is 0.416. The van der Waals surface area contributed by atoms with E-state index < -0.39 is 0 Å². The van der Waals surface area contributed by atoms with Gasteiger partial charge >= 0.3 is 0 Å². The Hall–Kier alpha value is -3.11. The Kier molecular flexibility index (Phi) is 4.44. The molecule has 0 aliphatic carbocycles. The fourth-order valence-corrected chi connectivity index (χ4v) is 2.80. The molecule has 0 fully saturated rings. The van der Waals surface area contributed by atoms with Gasteiger partial charge in [-0.1, -0.05) is 60.7 Å². The van der Waals surface area contributed by atoms with Gasteiger partial charge in [-0.3, -0.25) is 5.32 Å². The van der Waals surface area contributed by atoms with Crippen LogP contribution in [0.4, 0.5) is 0 Å². The molecule has 0 spiro atoms. The number of nitrogens with zero attached hydrogens (tertiary/aromatic N) is 1. The lowest BCUT2D eigenvalue weighted by atomic mass is 10.0. The van der Waals surface area contributed by atoms with Gasteiger partial charge < -0.3 is 8.83 Å². The van der Waals surface area contributed by atoms with Crippen LogP contribution in [-0.2, 0) is 6.54 Å². The molecule has 0 saturated carbocycles. The minimum atomic E-state index is -0.0525. The molecule has 0 amide bonds. The van der Waals surface area contributed by atoms with Crippen LogP contribution in [0.1, 0.15) is 23.3 Å². The standard InChI is InChI=1S/C21H18N2O2/c1-3-8-16(9-4-1)19-14-22-20(25-19)15-23-21(18-12-7-13-24-18)17-10-5-2-6-11-17/h1-14,21,23H,15H2/t21-/m1/s1. The second-order valence-corrected chi connectivity index (χ2v) is 5.72. The average molecular weight is 330 g/mol. The summed E-state index contributed by atoms with van der Waals surface area (Å²) in [6.07, 6.45) is 3.45. The molecule has 1 N–H and O–H groups in total. The van der Waals surface area contributed by atoms with Crippen molar-refractivity contribution >= 4 is 0 Å². The third-order valence-corrected chi connectivity index (χ3v) is 4.03. The van der Waals surface area contributed by atoms with E-state index in [-0.39, 0.29) is 6.04 Å². The molecule has 2 heterocycles. The van der Waals surface area contributed by atoms with Crippen molar-refractivity contribution in [3.8, 4) is 11.3 Å². The van der Waals surface area contributed by atoms with E-state index >= 15 is 0 Å². The Labute approximate surface area is 146 Å². The van der Waals surface area contributed by atoms with Crippen LogP contribution < -0.4 is 5.32 Å². The van der Waals surface area contributed by atoms with Crippen molar-refractivity contribution in [2.24, 2.45) is 0 Å². The molecular formula is C21H18N2O2. The van der Waals surface area contributed by atoms with Crippen LogP contribution in [0.3, 0.4) is 0 Å². The zero-order valence-electron chi connectivity index (χ0n) is 13.6. The third-order valence-electron chi connectivity index (χ3n) is 4.03. The summed E-state index contributed by atoms with van der Waals surface area (Å²) < 4.78 is 11.5. The summed E-state index contributed by atoms with van der Waals surface area (Å²) in [5.74, 6) is 2.28. The predicted molar refractivity (Wildman–Crippen MR) is 95.8 cm³/mol. The van der Waals surface area contributed by atoms with Crippen LogP contribution in [0.5, 0.6) is 0 Å². The highest BCUT2D eigenvalue weighted by molar-refractivity contribution is 5.55. The summed E-state index contributed by atoms with van der Waals surface area (Å²) in [6, 6.07) is 24.0. The van der Waals surface area contributed by atoms with E-state index in [9.17, 15) is 0 Å². The molecule has 0 bridgehead atoms. The van der Waals surface area contributed by atoms with Gasteiger partial charge in [0.15, 0.2) is 5.76 Å². The second kappa shape index (κ2) is 7.20. The fraction of sp³-hybridized carbons (Fsp3) is 0.0952. The minimum Gasteiger partial charge on any atom is -0.467 e. The van der Waals surface area contributed by atoms with Gasteiger partial charge in [-0.25, -0.2) is 4.98 Å². The van der Waals surface area contributed by atoms with Crippen LogP contribution >= 0.6 is 0 Å². The molecule has 1 atom stereocenters. The van der Waals surface area contributed by atoms with E-state index in [1.165, 1.54) is 0 Å². The van der Waals surface area contributed by atoms with Crippen molar-refractivity contribution in [3.05, 3.63) is 102 Å². The van der Waals surface area contributed by atoms with E-state index in [0.29, 0.717) is 12.4 Å². The molecule has 0 aliphatic heterocycles. The molecule has 0 aliphatic rings. The van der Waals surface area contributed by atoms with Gasteiger partial charge in [0.25, 0.3) is 0 Å². The lowest BCUT2D eigenvalue weighted by Gasteiger charge is -2.16. The summed E-state index contributed by atoms with van der Waals surface area (Å²) >= 11 is 0. The molecule has 2 aromatic carbocycles. The summed E-state index contributed by atoms with van der Waals surface area (Å²) in [5.41, 5.74) is 2.15. The molecule has 4 rings (SSSR count). The lowest BCUT2D eigenvalue weighted by Crippen LogP contribution is -2.21. The van der Waals surface area contributed by atoms with E-state index in [2.05, 4.69) is 22.4 Å². The van der Waals surface area contributed by atoms with Crippen LogP contribution in [0, 0.1) is 0 Å². The number of hydrogen-bond acceptors (Lipinski definition) is 4. The Morgan fingerprint density at radius 1 is 0.880 bits per heavy atom. The molecule has 0 radical (unpaired) electrons. The Bertz CT molecular complexity index is 900. The largest absolute Gasteiger partial charge is 0.467 e. The number of nitrogens with one attached hydrogen (secondary N) is 1. The Morgan fingerprint density at radius 2 is 1.64 bits per heavy atom. The maximum absolute atomic E-state index is 5.87. The SMILES string of the molecule is c1ccc(-c2cnc(CN[C@H](c3ccccc3)c3ccco3)o2)cc1. The molecule has 4 aromatic rings. The van der Waals surface area contributed by atoms with Gasteiger partial charge in [0, 0.05) is 5.56 Å². The second-order valence-electron chi connectivity index (χ2n) is 5.72. The first-order chi connectivity index (χ1) is 12.4. The number of hydrogen-bond donors (Lipinski definition) is 1. The third kappa shape index (κ3) is 3.54. The van der Waals surface area contributed by atoms with Gasteiger partial charge in [-0.15, -0.1) is 0 Å². The first-order valence-corrected chi connectivity index (χ1v) is 8.22. The number of rotatable bonds is 6. The molecular weight excluding hydrogens is 312 g/mol. The smallest absolute Gasteiger partial charge is 0.208 e. The molecule has 124 valence electrons. The summed E-state index contributed by atoms with van der Waals surface area (Å²) in [4.78, 5) is 4.38. The van der Waals surface area contributed by atoms with Gasteiger partial charge in [-0.2, -0.15) is 0 Å². The van der Waals surface area contributed by atoms with Crippen molar-refractivity contribution < 1.29 is 8.83 Å². The van der Waals surface area contributed by atoms with Gasteiger partial charge in [0.05, 0.1) is 25.0 Å². The number of oxazole rings is 1. The van der Waals surface area contributed by atoms with E-state index in [1.807, 2.05) is 60.7 Å². The van der Waals surface area contributed by atoms with Crippen LogP contribution in [0.2, 0.25) is 0 Å². The quantitative estimate of drug-likeness (QED) is 0.551. The van der Waals surface area contributed by atoms with Gasteiger partial charge in [0.1, 0.15) is 5.76 Å². The first kappa shape index (κ1) is 15.4. The van der Waals surface area contributed by atoms with Crippen molar-refractivity contribution in [2.45, 2.75) is 12.6 Å². The summed E-state index contributed by atoms with van der Waals surface area (Å²) in [5, 5.41) is 3.47. The summed E-state index contributed by atoms with van der Waals surface area (Å²) in [7, 11) is 0. The maximum Gasteiger partial charge on any atom is 0.208 e. The monoisotopic (exact) mass is 330 g/mol. The molecule has 25 heavy (non-hydrogen) atoms.